The summed E-state index contributed by atoms with van der Waals surface area (Å²) in [6.07, 6.45) is -0.151. The molecule has 9 heteroatoms. The summed E-state index contributed by atoms with van der Waals surface area (Å²) in [5, 5.41) is 18.2. The molecule has 0 spiro atoms. The molecule has 0 atom stereocenters. The summed E-state index contributed by atoms with van der Waals surface area (Å²) in [7, 11) is 1.50. The van der Waals surface area contributed by atoms with E-state index in [1.54, 1.807) is 0 Å². The summed E-state index contributed by atoms with van der Waals surface area (Å²) < 4.78 is 14.5. The molecule has 0 radical (unpaired) electrons. The van der Waals surface area contributed by atoms with Gasteiger partial charge in [-0.3, -0.25) is 10.3 Å². The summed E-state index contributed by atoms with van der Waals surface area (Å²) in [6, 6.07) is 1.06. The average Bonchev–Trinajstić information content (AvgIpc) is 2.64. The van der Waals surface area contributed by atoms with Crippen molar-refractivity contribution in [2.75, 3.05) is 11.1 Å². The number of carbonyl (C=O) groups is 1. The number of nitrogens with two attached hydrogens (primary N) is 1. The van der Waals surface area contributed by atoms with Crippen LogP contribution in [0.1, 0.15) is 0 Å². The Bertz CT molecular complexity index is 611. The van der Waals surface area contributed by atoms with Crippen LogP contribution in [0.25, 0.3) is 11.4 Å². The van der Waals surface area contributed by atoms with E-state index in [2.05, 4.69) is 20.6 Å². The van der Waals surface area contributed by atoms with Gasteiger partial charge in [0.15, 0.2) is 11.5 Å². The number of carboxylic acid groups (broad SMARTS) is 1. The molecule has 0 saturated carbocycles. The number of rotatable bonds is 2. The average molecular weight is 252 g/mol. The first kappa shape index (κ1) is 11.8. The molecule has 94 valence electrons. The third kappa shape index (κ3) is 2.05. The number of amides is 1. The fourth-order valence-electron chi connectivity index (χ4n) is 1.34. The Morgan fingerprint density at radius 1 is 1.61 bits per heavy atom. The first-order valence-electron chi connectivity index (χ1n) is 4.80. The molecular formula is C9H9FN6O2. The van der Waals surface area contributed by atoms with Crippen molar-refractivity contribution >= 4 is 17.6 Å². The van der Waals surface area contributed by atoms with E-state index in [0.717, 1.165) is 12.3 Å². The minimum absolute atomic E-state index is 0.0965. The molecule has 0 bridgehead atoms. The van der Waals surface area contributed by atoms with Gasteiger partial charge in [-0.1, -0.05) is 5.21 Å². The number of hydrogen-bond acceptors (Lipinski definition) is 5. The van der Waals surface area contributed by atoms with E-state index in [1.807, 2.05) is 0 Å². The number of aromatic nitrogens is 4. The molecule has 0 fully saturated rings. The van der Waals surface area contributed by atoms with E-state index >= 15 is 0 Å². The highest BCUT2D eigenvalue weighted by Gasteiger charge is 2.17. The van der Waals surface area contributed by atoms with Gasteiger partial charge >= 0.3 is 6.09 Å². The fraction of sp³-hybridized carbons (Fsp3) is 0.111. The highest BCUT2D eigenvalue weighted by Crippen LogP contribution is 2.24. The van der Waals surface area contributed by atoms with Crippen LogP contribution in [-0.4, -0.2) is 31.2 Å². The first-order valence-corrected chi connectivity index (χ1v) is 4.80. The van der Waals surface area contributed by atoms with Gasteiger partial charge in [0, 0.05) is 13.1 Å². The lowest BCUT2D eigenvalue weighted by atomic mass is 10.2. The van der Waals surface area contributed by atoms with Crippen molar-refractivity contribution in [1.82, 2.24) is 20.0 Å². The monoisotopic (exact) mass is 252 g/mol. The highest BCUT2D eigenvalue weighted by molar-refractivity contribution is 5.86. The largest absolute Gasteiger partial charge is 0.465 e. The number of halogens is 1. The van der Waals surface area contributed by atoms with E-state index in [4.69, 9.17) is 10.8 Å². The third-order valence-corrected chi connectivity index (χ3v) is 2.18. The van der Waals surface area contributed by atoms with Gasteiger partial charge in [-0.15, -0.1) is 5.10 Å². The Labute approximate surface area is 100 Å². The normalized spacial score (nSPS) is 10.3. The quantitative estimate of drug-likeness (QED) is 0.723. The summed E-state index contributed by atoms with van der Waals surface area (Å²) in [5.74, 6) is -0.564. The summed E-state index contributed by atoms with van der Waals surface area (Å²) in [4.78, 5) is 14.5. The van der Waals surface area contributed by atoms with Crippen molar-refractivity contribution in [3.05, 3.63) is 18.1 Å². The molecule has 0 aliphatic heterocycles. The van der Waals surface area contributed by atoms with Gasteiger partial charge in [-0.25, -0.2) is 13.9 Å². The molecule has 0 aliphatic rings. The minimum atomic E-state index is -1.28. The zero-order valence-corrected chi connectivity index (χ0v) is 9.25. The van der Waals surface area contributed by atoms with Gasteiger partial charge in [0.2, 0.25) is 0 Å². The number of anilines is 2. The molecule has 0 aromatic carbocycles. The van der Waals surface area contributed by atoms with Crippen LogP contribution in [0.5, 0.6) is 0 Å². The SMILES string of the molecule is Cn1nnc(-c2cc(F)c(N)cn2)c1NC(=O)O. The van der Waals surface area contributed by atoms with Crippen molar-refractivity contribution in [3.63, 3.8) is 0 Å². The molecule has 18 heavy (non-hydrogen) atoms. The maximum Gasteiger partial charge on any atom is 0.410 e. The Morgan fingerprint density at radius 2 is 2.33 bits per heavy atom. The number of aryl methyl sites for hydroxylation is 1. The summed E-state index contributed by atoms with van der Waals surface area (Å²) in [6.45, 7) is 0. The lowest BCUT2D eigenvalue weighted by Crippen LogP contribution is -2.12. The zero-order valence-electron chi connectivity index (χ0n) is 9.25. The van der Waals surface area contributed by atoms with Crippen molar-refractivity contribution in [3.8, 4) is 11.4 Å². The maximum atomic E-state index is 13.3. The van der Waals surface area contributed by atoms with Gasteiger partial charge in [-0.05, 0) is 0 Å². The number of nitrogen functional groups attached to an aromatic ring is 1. The van der Waals surface area contributed by atoms with Gasteiger partial charge in [0.1, 0.15) is 5.82 Å². The summed E-state index contributed by atoms with van der Waals surface area (Å²) in [5.41, 5.74) is 5.46. The van der Waals surface area contributed by atoms with Gasteiger partial charge < -0.3 is 10.8 Å². The lowest BCUT2D eigenvalue weighted by molar-refractivity contribution is 0.209. The second kappa shape index (κ2) is 4.28. The predicted octanol–water partition coefficient (Wildman–Crippen LogP) is 0.688. The van der Waals surface area contributed by atoms with Crippen LogP contribution in [0.2, 0.25) is 0 Å². The van der Waals surface area contributed by atoms with E-state index in [0.29, 0.717) is 0 Å². The minimum Gasteiger partial charge on any atom is -0.465 e. The Morgan fingerprint density at radius 3 is 2.94 bits per heavy atom. The molecule has 0 unspecified atom stereocenters. The van der Waals surface area contributed by atoms with Crippen LogP contribution >= 0.6 is 0 Å². The topological polar surface area (TPSA) is 119 Å². The van der Waals surface area contributed by atoms with E-state index in [9.17, 15) is 9.18 Å². The molecule has 2 aromatic rings. The number of pyridine rings is 1. The lowest BCUT2D eigenvalue weighted by Gasteiger charge is -2.03. The predicted molar refractivity (Wildman–Crippen MR) is 60.3 cm³/mol. The van der Waals surface area contributed by atoms with Crippen molar-refractivity contribution in [1.29, 1.82) is 0 Å². The maximum absolute atomic E-state index is 13.3. The highest BCUT2D eigenvalue weighted by atomic mass is 19.1. The number of nitrogens with zero attached hydrogens (tertiary/aromatic N) is 4. The molecule has 0 saturated heterocycles. The van der Waals surface area contributed by atoms with Crippen molar-refractivity contribution < 1.29 is 14.3 Å². The van der Waals surface area contributed by atoms with Crippen molar-refractivity contribution in [2.24, 2.45) is 7.05 Å². The molecule has 2 heterocycles. The second-order valence-electron chi connectivity index (χ2n) is 3.43. The van der Waals surface area contributed by atoms with Crippen molar-refractivity contribution in [2.45, 2.75) is 0 Å². The third-order valence-electron chi connectivity index (χ3n) is 2.18. The molecule has 2 rings (SSSR count). The van der Waals surface area contributed by atoms with Crippen LogP contribution in [0, 0.1) is 5.82 Å². The van der Waals surface area contributed by atoms with Crippen LogP contribution in [0.3, 0.4) is 0 Å². The fourth-order valence-corrected chi connectivity index (χ4v) is 1.34. The van der Waals surface area contributed by atoms with Crippen LogP contribution in [0.15, 0.2) is 12.3 Å². The molecule has 0 aliphatic carbocycles. The Kier molecular flexibility index (Phi) is 2.80. The van der Waals surface area contributed by atoms with Gasteiger partial charge in [0.05, 0.1) is 17.6 Å². The second-order valence-corrected chi connectivity index (χ2v) is 3.43. The Hall–Kier alpha value is -2.71. The number of hydrogen-bond donors (Lipinski definition) is 3. The van der Waals surface area contributed by atoms with Gasteiger partial charge in [-0.2, -0.15) is 0 Å². The Balaban J connectivity index is 2.50. The summed E-state index contributed by atoms with van der Waals surface area (Å²) >= 11 is 0. The number of nitrogens with one attached hydrogen (secondary N) is 1. The molecule has 1 amide bonds. The zero-order chi connectivity index (χ0) is 13.3. The smallest absolute Gasteiger partial charge is 0.410 e. The first-order chi connectivity index (χ1) is 8.49. The van der Waals surface area contributed by atoms with Crippen LogP contribution in [0.4, 0.5) is 20.7 Å². The van der Waals surface area contributed by atoms with Crippen LogP contribution in [-0.2, 0) is 7.05 Å². The molecule has 8 nitrogen and oxygen atoms in total. The molecule has 2 aromatic heterocycles. The van der Waals surface area contributed by atoms with E-state index in [-0.39, 0.29) is 22.9 Å². The van der Waals surface area contributed by atoms with Gasteiger partial charge in [0.25, 0.3) is 0 Å². The van der Waals surface area contributed by atoms with E-state index in [1.165, 1.54) is 11.7 Å². The molecular weight excluding hydrogens is 243 g/mol. The van der Waals surface area contributed by atoms with E-state index < -0.39 is 11.9 Å². The van der Waals surface area contributed by atoms with Crippen LogP contribution < -0.4 is 11.1 Å². The standard InChI is InChI=1S/C9H9FN6O2/c1-16-8(13-9(17)18)7(14-15-16)6-2-4(10)5(11)3-12-6/h2-3,13H,11H2,1H3,(H,17,18). The molecule has 4 N–H and O–H groups in total.